The molecule has 2 saturated heterocycles. The van der Waals surface area contributed by atoms with Crippen LogP contribution in [-0.2, 0) is 10.2 Å². The summed E-state index contributed by atoms with van der Waals surface area (Å²) in [7, 11) is 1.86. The van der Waals surface area contributed by atoms with Crippen molar-refractivity contribution in [2.45, 2.75) is 50.5 Å². The molecule has 2 aliphatic rings. The molecule has 5 nitrogen and oxygen atoms in total. The van der Waals surface area contributed by atoms with Crippen molar-refractivity contribution in [1.29, 1.82) is 0 Å². The van der Waals surface area contributed by atoms with Crippen molar-refractivity contribution in [3.05, 3.63) is 22.4 Å². The van der Waals surface area contributed by atoms with Gasteiger partial charge in [0.2, 0.25) is 0 Å². The zero-order valence-electron chi connectivity index (χ0n) is 16.5. The maximum Gasteiger partial charge on any atom is 0.191 e. The Bertz CT molecular complexity index is 573. The first-order chi connectivity index (χ1) is 12.6. The Balaban J connectivity index is 1.57. The fraction of sp³-hybridized carbons (Fsp3) is 0.750. The van der Waals surface area contributed by atoms with Gasteiger partial charge in [-0.1, -0.05) is 19.9 Å². The molecule has 3 heterocycles. The largest absolute Gasteiger partial charge is 0.381 e. The molecular weight excluding hydrogens is 344 g/mol. The van der Waals surface area contributed by atoms with Crippen molar-refractivity contribution in [3.8, 4) is 0 Å². The second-order valence-electron chi connectivity index (χ2n) is 8.17. The van der Waals surface area contributed by atoms with Gasteiger partial charge < -0.3 is 15.4 Å². The van der Waals surface area contributed by atoms with E-state index >= 15 is 0 Å². The predicted octanol–water partition coefficient (Wildman–Crippen LogP) is 2.84. The minimum atomic E-state index is 0.0943. The number of nitrogens with zero attached hydrogens (tertiary/aromatic N) is 2. The molecule has 0 aliphatic carbocycles. The molecule has 0 spiro atoms. The summed E-state index contributed by atoms with van der Waals surface area (Å²) in [6.45, 7) is 10.6. The molecule has 2 fully saturated rings. The molecule has 26 heavy (non-hydrogen) atoms. The maximum absolute atomic E-state index is 5.65. The molecule has 6 heteroatoms. The second kappa shape index (κ2) is 8.72. The number of ether oxygens (including phenoxy) is 1. The molecule has 1 aromatic rings. The van der Waals surface area contributed by atoms with E-state index in [1.807, 2.05) is 18.4 Å². The van der Waals surface area contributed by atoms with E-state index in [1.54, 1.807) is 0 Å². The molecule has 3 rings (SSSR count). The van der Waals surface area contributed by atoms with Crippen LogP contribution in [0.3, 0.4) is 0 Å². The lowest BCUT2D eigenvalue weighted by Crippen LogP contribution is -2.59. The van der Waals surface area contributed by atoms with Gasteiger partial charge in [-0.25, -0.2) is 0 Å². The van der Waals surface area contributed by atoms with Crippen LogP contribution in [0.15, 0.2) is 22.5 Å². The zero-order chi connectivity index (χ0) is 18.5. The minimum Gasteiger partial charge on any atom is -0.381 e. The Morgan fingerprint density at radius 3 is 2.62 bits per heavy atom. The van der Waals surface area contributed by atoms with E-state index in [2.05, 4.69) is 51.9 Å². The first kappa shape index (κ1) is 19.6. The fourth-order valence-electron chi connectivity index (χ4n) is 4.07. The van der Waals surface area contributed by atoms with Crippen LogP contribution in [0.4, 0.5) is 0 Å². The smallest absolute Gasteiger partial charge is 0.191 e. The van der Waals surface area contributed by atoms with Gasteiger partial charge in [-0.2, -0.15) is 0 Å². The molecule has 0 amide bonds. The van der Waals surface area contributed by atoms with E-state index in [-0.39, 0.29) is 11.0 Å². The SMILES string of the molecule is CN=C(NCC(C)(C)c1cccs1)NCC1(N2CCCC2)CCOCC1. The monoisotopic (exact) mass is 378 g/mol. The van der Waals surface area contributed by atoms with Crippen LogP contribution >= 0.6 is 11.3 Å². The van der Waals surface area contributed by atoms with Gasteiger partial charge in [0.25, 0.3) is 0 Å². The zero-order valence-corrected chi connectivity index (χ0v) is 17.3. The van der Waals surface area contributed by atoms with Gasteiger partial charge in [-0.15, -0.1) is 11.3 Å². The van der Waals surface area contributed by atoms with Crippen LogP contribution in [0, 0.1) is 0 Å². The molecule has 0 atom stereocenters. The molecule has 2 aliphatic heterocycles. The first-order valence-electron chi connectivity index (χ1n) is 9.87. The summed E-state index contributed by atoms with van der Waals surface area (Å²) in [5.41, 5.74) is 0.312. The van der Waals surface area contributed by atoms with Crippen molar-refractivity contribution in [2.75, 3.05) is 46.4 Å². The topological polar surface area (TPSA) is 48.9 Å². The molecular formula is C20H34N4OS. The second-order valence-corrected chi connectivity index (χ2v) is 9.12. The third-order valence-electron chi connectivity index (χ3n) is 5.89. The number of thiophene rings is 1. The molecule has 0 unspecified atom stereocenters. The van der Waals surface area contributed by atoms with Gasteiger partial charge in [0.1, 0.15) is 0 Å². The summed E-state index contributed by atoms with van der Waals surface area (Å²) in [4.78, 5) is 8.55. The van der Waals surface area contributed by atoms with E-state index in [4.69, 9.17) is 4.74 Å². The molecule has 0 bridgehead atoms. The number of aliphatic imine (C=N–C) groups is 1. The standard InChI is InChI=1S/C20H34N4OS/c1-19(2,17-7-6-14-26-17)15-22-18(21-3)23-16-20(8-12-25-13-9-20)24-10-4-5-11-24/h6-7,14H,4-5,8-13,15-16H2,1-3H3,(H2,21,22,23). The van der Waals surface area contributed by atoms with Gasteiger partial charge in [0.15, 0.2) is 5.96 Å². The van der Waals surface area contributed by atoms with Crippen LogP contribution in [0.5, 0.6) is 0 Å². The molecule has 0 radical (unpaired) electrons. The number of hydrogen-bond donors (Lipinski definition) is 2. The van der Waals surface area contributed by atoms with Gasteiger partial charge in [0.05, 0.1) is 0 Å². The van der Waals surface area contributed by atoms with E-state index in [1.165, 1.54) is 30.8 Å². The lowest BCUT2D eigenvalue weighted by atomic mass is 9.88. The van der Waals surface area contributed by atoms with Crippen molar-refractivity contribution in [3.63, 3.8) is 0 Å². The van der Waals surface area contributed by atoms with Gasteiger partial charge in [-0.05, 0) is 50.2 Å². The summed E-state index contributed by atoms with van der Waals surface area (Å²) in [5, 5.41) is 9.31. The highest BCUT2D eigenvalue weighted by Crippen LogP contribution is 2.31. The average molecular weight is 379 g/mol. The summed E-state index contributed by atoms with van der Waals surface area (Å²) in [6.07, 6.45) is 4.87. The summed E-state index contributed by atoms with van der Waals surface area (Å²) in [6, 6.07) is 4.34. The third kappa shape index (κ3) is 4.59. The van der Waals surface area contributed by atoms with E-state index in [0.29, 0.717) is 0 Å². The number of nitrogens with one attached hydrogen (secondary N) is 2. The van der Waals surface area contributed by atoms with Crippen molar-refractivity contribution >= 4 is 17.3 Å². The normalized spacial score (nSPS) is 21.7. The predicted molar refractivity (Wildman–Crippen MR) is 110 cm³/mol. The Hall–Kier alpha value is -1.11. The fourth-order valence-corrected chi connectivity index (χ4v) is 4.92. The average Bonchev–Trinajstić information content (AvgIpc) is 3.37. The highest BCUT2D eigenvalue weighted by molar-refractivity contribution is 7.10. The Labute approximate surface area is 162 Å². The summed E-state index contributed by atoms with van der Waals surface area (Å²) in [5.74, 6) is 0.902. The lowest BCUT2D eigenvalue weighted by Gasteiger charge is -2.45. The van der Waals surface area contributed by atoms with Crippen LogP contribution in [0.2, 0.25) is 0 Å². The van der Waals surface area contributed by atoms with Crippen LogP contribution < -0.4 is 10.6 Å². The van der Waals surface area contributed by atoms with Gasteiger partial charge in [0, 0.05) is 49.2 Å². The Morgan fingerprint density at radius 1 is 1.27 bits per heavy atom. The number of hydrogen-bond acceptors (Lipinski definition) is 4. The highest BCUT2D eigenvalue weighted by Gasteiger charge is 2.39. The molecule has 146 valence electrons. The molecule has 1 aromatic heterocycles. The third-order valence-corrected chi connectivity index (χ3v) is 7.13. The molecule has 2 N–H and O–H groups in total. The first-order valence-corrected chi connectivity index (χ1v) is 10.8. The summed E-state index contributed by atoms with van der Waals surface area (Å²) >= 11 is 1.82. The quantitative estimate of drug-likeness (QED) is 0.590. The van der Waals surface area contributed by atoms with Crippen molar-refractivity contribution in [2.24, 2.45) is 4.99 Å². The lowest BCUT2D eigenvalue weighted by molar-refractivity contribution is -0.0164. The number of likely N-dealkylation sites (tertiary alicyclic amines) is 1. The number of guanidine groups is 1. The van der Waals surface area contributed by atoms with Gasteiger partial charge in [-0.3, -0.25) is 9.89 Å². The van der Waals surface area contributed by atoms with Gasteiger partial charge >= 0.3 is 0 Å². The van der Waals surface area contributed by atoms with Crippen LogP contribution in [-0.4, -0.2) is 62.8 Å². The summed E-state index contributed by atoms with van der Waals surface area (Å²) < 4.78 is 5.65. The van der Waals surface area contributed by atoms with Crippen molar-refractivity contribution < 1.29 is 4.74 Å². The van der Waals surface area contributed by atoms with E-state index < -0.39 is 0 Å². The highest BCUT2D eigenvalue weighted by atomic mass is 32.1. The minimum absolute atomic E-state index is 0.0943. The number of rotatable bonds is 6. The Morgan fingerprint density at radius 2 is 2.00 bits per heavy atom. The van der Waals surface area contributed by atoms with Crippen molar-refractivity contribution in [1.82, 2.24) is 15.5 Å². The van der Waals surface area contributed by atoms with Crippen LogP contribution in [0.25, 0.3) is 0 Å². The molecule has 0 saturated carbocycles. The van der Waals surface area contributed by atoms with Crippen LogP contribution in [0.1, 0.15) is 44.4 Å². The molecule has 0 aromatic carbocycles. The van der Waals surface area contributed by atoms with E-state index in [0.717, 1.165) is 45.1 Å². The maximum atomic E-state index is 5.65. The Kier molecular flexibility index (Phi) is 6.59. The van der Waals surface area contributed by atoms with E-state index in [9.17, 15) is 0 Å².